The molecule has 0 spiro atoms. The molecule has 0 heterocycles. The minimum atomic E-state index is -4.29. The van der Waals surface area contributed by atoms with E-state index in [1.807, 2.05) is 0 Å². The van der Waals surface area contributed by atoms with E-state index in [0.717, 1.165) is 12.7 Å². The summed E-state index contributed by atoms with van der Waals surface area (Å²) >= 11 is 0. The summed E-state index contributed by atoms with van der Waals surface area (Å²) in [5, 5.41) is -0.853. The van der Waals surface area contributed by atoms with Crippen LogP contribution in [-0.4, -0.2) is 59.7 Å². The molecule has 1 rings (SSSR count). The van der Waals surface area contributed by atoms with Crippen molar-refractivity contribution in [3.8, 4) is 0 Å². The van der Waals surface area contributed by atoms with Crippen molar-refractivity contribution in [2.24, 2.45) is 0 Å². The summed E-state index contributed by atoms with van der Waals surface area (Å²) in [5.41, 5.74) is 0. The van der Waals surface area contributed by atoms with Gasteiger partial charge in [-0.15, -0.1) is 0 Å². The van der Waals surface area contributed by atoms with Gasteiger partial charge in [-0.3, -0.25) is 0 Å². The monoisotopic (exact) mass is 414 g/mol. The van der Waals surface area contributed by atoms with Crippen molar-refractivity contribution >= 4 is 30.2 Å². The van der Waals surface area contributed by atoms with Crippen LogP contribution in [0.2, 0.25) is 0 Å². The van der Waals surface area contributed by atoms with Gasteiger partial charge in [-0.25, -0.2) is 34.7 Å². The van der Waals surface area contributed by atoms with E-state index in [2.05, 4.69) is 9.44 Å². The molecule has 1 aliphatic carbocycles. The molecule has 2 atom stereocenters. The van der Waals surface area contributed by atoms with Crippen LogP contribution in [0.15, 0.2) is 0 Å². The van der Waals surface area contributed by atoms with E-state index < -0.39 is 47.2 Å². The molecule has 138 valence electrons. The van der Waals surface area contributed by atoms with E-state index in [1.54, 1.807) is 0 Å². The van der Waals surface area contributed by atoms with E-state index in [0.29, 0.717) is 19.3 Å². The summed E-state index contributed by atoms with van der Waals surface area (Å²) in [4.78, 5) is 0. The molecule has 9 nitrogen and oxygen atoms in total. The summed E-state index contributed by atoms with van der Waals surface area (Å²) in [7, 11) is -11.5. The molecule has 1 saturated carbocycles. The first-order valence-corrected chi connectivity index (χ1v) is 12.3. The minimum Gasteiger partial charge on any atom is -0.748 e. The second kappa shape index (κ2) is 10.2. The zero-order chi connectivity index (χ0) is 17.7. The molecule has 13 heteroatoms. The summed E-state index contributed by atoms with van der Waals surface area (Å²) < 4.78 is 83.4. The molecule has 0 aromatic heterocycles. The molecule has 1 fully saturated rings. The topological polar surface area (TPSA) is 150 Å². The second-order valence-electron chi connectivity index (χ2n) is 5.73. The van der Waals surface area contributed by atoms with Gasteiger partial charge < -0.3 is 4.55 Å². The van der Waals surface area contributed by atoms with Crippen LogP contribution in [0, 0.1) is 0 Å². The summed E-state index contributed by atoms with van der Waals surface area (Å²) in [6, 6.07) is -0.668. The Hall–Kier alpha value is 0.730. The number of rotatable bonds is 9. The van der Waals surface area contributed by atoms with E-state index in [-0.39, 0.29) is 48.9 Å². The van der Waals surface area contributed by atoms with Crippen LogP contribution in [0.25, 0.3) is 0 Å². The molecule has 0 radical (unpaired) electrons. The molecule has 24 heavy (non-hydrogen) atoms. The van der Waals surface area contributed by atoms with Gasteiger partial charge in [0.05, 0.1) is 21.6 Å². The fourth-order valence-electron chi connectivity index (χ4n) is 2.60. The molecule has 2 N–H and O–H groups in total. The maximum Gasteiger partial charge on any atom is 1.00 e. The first-order valence-electron chi connectivity index (χ1n) is 7.30. The molecular formula is C11H23N2NaO7S3. The number of unbranched alkanes of at least 4 members (excludes halogenated alkanes) is 1. The Labute approximate surface area is 166 Å². The zero-order valence-electron chi connectivity index (χ0n) is 13.9. The fraction of sp³-hybridized carbons (Fsp3) is 1.00. The third-order valence-corrected chi connectivity index (χ3v) is 7.08. The van der Waals surface area contributed by atoms with Crippen LogP contribution >= 0.6 is 0 Å². The average Bonchev–Trinajstić information content (AvgIpc) is 2.35. The Bertz CT molecular complexity index is 691. The van der Waals surface area contributed by atoms with Crippen LogP contribution in [0.1, 0.15) is 38.5 Å². The van der Waals surface area contributed by atoms with E-state index in [9.17, 15) is 29.8 Å². The van der Waals surface area contributed by atoms with Gasteiger partial charge in [0.1, 0.15) is 0 Å². The van der Waals surface area contributed by atoms with Gasteiger partial charge in [0.25, 0.3) is 0 Å². The quantitative estimate of drug-likeness (QED) is 0.222. The van der Waals surface area contributed by atoms with Gasteiger partial charge in [0.15, 0.2) is 0 Å². The molecule has 2 unspecified atom stereocenters. The van der Waals surface area contributed by atoms with Crippen molar-refractivity contribution in [3.05, 3.63) is 0 Å². The van der Waals surface area contributed by atoms with Crippen molar-refractivity contribution in [1.29, 1.82) is 0 Å². The Morgan fingerprint density at radius 1 is 1.00 bits per heavy atom. The number of hydrogen-bond donors (Lipinski definition) is 2. The van der Waals surface area contributed by atoms with E-state index in [4.69, 9.17) is 0 Å². The van der Waals surface area contributed by atoms with E-state index >= 15 is 0 Å². The van der Waals surface area contributed by atoms with Crippen molar-refractivity contribution in [2.75, 3.05) is 18.6 Å². The molecule has 0 amide bonds. The van der Waals surface area contributed by atoms with Gasteiger partial charge in [-0.05, 0) is 25.7 Å². The Morgan fingerprint density at radius 2 is 1.58 bits per heavy atom. The normalized spacial score (nSPS) is 22.8. The Kier molecular flexibility index (Phi) is 10.5. The van der Waals surface area contributed by atoms with Crippen LogP contribution < -0.4 is 39.0 Å². The summed E-state index contributed by atoms with van der Waals surface area (Å²) in [6.45, 7) is 0.0138. The zero-order valence-corrected chi connectivity index (χ0v) is 18.3. The fourth-order valence-corrected chi connectivity index (χ4v) is 5.84. The standard InChI is InChI=1S/C11H24N2O7S3.Na/c1-21(14,15)13-10-6-2-3-7-11(10)23(19,20)12-8-4-5-9-22(16,17)18;/h10-13H,2-9H2,1H3,(H,16,17,18);/q;+1/p-1. The van der Waals surface area contributed by atoms with Gasteiger partial charge >= 0.3 is 29.6 Å². The second-order valence-corrected chi connectivity index (χ2v) is 11.0. The number of hydrogen-bond acceptors (Lipinski definition) is 7. The van der Waals surface area contributed by atoms with E-state index in [1.165, 1.54) is 0 Å². The van der Waals surface area contributed by atoms with Crippen LogP contribution in [-0.2, 0) is 30.2 Å². The van der Waals surface area contributed by atoms with Crippen LogP contribution in [0.3, 0.4) is 0 Å². The first kappa shape index (κ1) is 24.7. The molecule has 0 aliphatic heterocycles. The maximum absolute atomic E-state index is 12.3. The van der Waals surface area contributed by atoms with Gasteiger partial charge in [0, 0.05) is 18.3 Å². The van der Waals surface area contributed by atoms with Crippen LogP contribution in [0.4, 0.5) is 0 Å². The predicted molar refractivity (Wildman–Crippen MR) is 84.7 cm³/mol. The molecular weight excluding hydrogens is 391 g/mol. The molecule has 1 aliphatic rings. The van der Waals surface area contributed by atoms with Gasteiger partial charge in [-0.1, -0.05) is 12.8 Å². The third kappa shape index (κ3) is 10.0. The maximum atomic E-state index is 12.3. The molecule has 0 bridgehead atoms. The van der Waals surface area contributed by atoms with Crippen molar-refractivity contribution in [2.45, 2.75) is 49.8 Å². The summed E-state index contributed by atoms with van der Waals surface area (Å²) in [6.07, 6.45) is 3.54. The summed E-state index contributed by atoms with van der Waals surface area (Å²) in [5.74, 6) is -0.531. The van der Waals surface area contributed by atoms with Gasteiger partial charge in [-0.2, -0.15) is 0 Å². The average molecular weight is 415 g/mol. The number of nitrogens with one attached hydrogen (secondary N) is 2. The molecule has 0 aromatic carbocycles. The van der Waals surface area contributed by atoms with Gasteiger partial charge in [0.2, 0.25) is 20.0 Å². The minimum absolute atomic E-state index is 0. The smallest absolute Gasteiger partial charge is 0.748 e. The number of sulfonamides is 2. The first-order chi connectivity index (χ1) is 10.4. The Morgan fingerprint density at radius 3 is 2.12 bits per heavy atom. The van der Waals surface area contributed by atoms with Crippen molar-refractivity contribution < 1.29 is 59.4 Å². The largest absolute Gasteiger partial charge is 1.00 e. The predicted octanol–water partition coefficient (Wildman–Crippen LogP) is -3.90. The van der Waals surface area contributed by atoms with Crippen LogP contribution in [0.5, 0.6) is 0 Å². The SMILES string of the molecule is CS(=O)(=O)NC1CCCCC1S(=O)(=O)NCCCCS(=O)(=O)[O-].[Na+]. The Balaban J connectivity index is 0.00000529. The third-order valence-electron chi connectivity index (χ3n) is 3.59. The van der Waals surface area contributed by atoms with Crippen molar-refractivity contribution in [1.82, 2.24) is 9.44 Å². The van der Waals surface area contributed by atoms with Crippen molar-refractivity contribution in [3.63, 3.8) is 0 Å². The molecule has 0 saturated heterocycles. The molecule has 0 aromatic rings.